The summed E-state index contributed by atoms with van der Waals surface area (Å²) in [7, 11) is 0. The van der Waals surface area contributed by atoms with Crippen LogP contribution < -0.4 is 0 Å². The van der Waals surface area contributed by atoms with Crippen LogP contribution in [0.25, 0.3) is 0 Å². The Morgan fingerprint density at radius 2 is 2.12 bits per heavy atom. The largest absolute Gasteiger partial charge is 0.320 e. The van der Waals surface area contributed by atoms with Crippen LogP contribution in [-0.4, -0.2) is 18.9 Å². The summed E-state index contributed by atoms with van der Waals surface area (Å²) in [5, 5.41) is 0. The van der Waals surface area contributed by atoms with Gasteiger partial charge in [0, 0.05) is 18.4 Å². The van der Waals surface area contributed by atoms with E-state index in [1.54, 1.807) is 0 Å². The van der Waals surface area contributed by atoms with Gasteiger partial charge in [-0.15, -0.1) is 0 Å². The number of rotatable bonds is 5. The molecule has 1 aliphatic rings. The molecule has 0 radical (unpaired) electrons. The first-order chi connectivity index (χ1) is 7.86. The molecule has 1 heterocycles. The fourth-order valence-electron chi connectivity index (χ4n) is 1.56. The fourth-order valence-corrected chi connectivity index (χ4v) is 1.56. The van der Waals surface area contributed by atoms with E-state index in [0.29, 0.717) is 12.8 Å². The van der Waals surface area contributed by atoms with Crippen LogP contribution in [-0.2, 0) is 14.5 Å². The molecular weight excluding hydrogens is 208 g/mol. The second kappa shape index (κ2) is 5.75. The van der Waals surface area contributed by atoms with Gasteiger partial charge < -0.3 is 4.74 Å². The predicted molar refractivity (Wildman–Crippen MR) is 56.5 cm³/mol. The van der Waals surface area contributed by atoms with E-state index < -0.39 is 0 Å². The molecule has 16 heavy (non-hydrogen) atoms. The highest BCUT2D eigenvalue weighted by Gasteiger charge is 2.17. The van der Waals surface area contributed by atoms with Crippen molar-refractivity contribution in [3.8, 4) is 0 Å². The van der Waals surface area contributed by atoms with Gasteiger partial charge >= 0.3 is 0 Å². The molecule has 2 rings (SSSR count). The van der Waals surface area contributed by atoms with E-state index in [-0.39, 0.29) is 18.9 Å². The van der Waals surface area contributed by atoms with Crippen molar-refractivity contribution < 1.29 is 19.3 Å². The van der Waals surface area contributed by atoms with Gasteiger partial charge in [0.25, 0.3) is 0 Å². The summed E-state index contributed by atoms with van der Waals surface area (Å²) in [6.45, 7) is 0.178. The van der Waals surface area contributed by atoms with Crippen LogP contribution in [0.3, 0.4) is 0 Å². The minimum Gasteiger partial charge on any atom is -0.320 e. The minimum absolute atomic E-state index is 0.152. The Morgan fingerprint density at radius 3 is 2.81 bits per heavy atom. The van der Waals surface area contributed by atoms with Crippen LogP contribution in [0.1, 0.15) is 29.6 Å². The maximum atomic E-state index is 11.7. The Morgan fingerprint density at radius 1 is 1.31 bits per heavy atom. The second-order valence-electron chi connectivity index (χ2n) is 3.61. The molecule has 1 saturated heterocycles. The normalized spacial score (nSPS) is 19.9. The van der Waals surface area contributed by atoms with Crippen LogP contribution in [0.15, 0.2) is 30.3 Å². The first-order valence-electron chi connectivity index (χ1n) is 5.34. The zero-order valence-corrected chi connectivity index (χ0v) is 8.93. The fraction of sp³-hybridized carbons (Fsp3) is 0.417. The molecule has 0 saturated carbocycles. The monoisotopic (exact) mass is 222 g/mol. The number of carbonyl (C=O) groups excluding carboxylic acids is 1. The van der Waals surface area contributed by atoms with Crippen molar-refractivity contribution in [2.24, 2.45) is 0 Å². The molecule has 1 atom stereocenters. The van der Waals surface area contributed by atoms with Gasteiger partial charge in [-0.3, -0.25) is 4.79 Å². The summed E-state index contributed by atoms with van der Waals surface area (Å²) in [5.74, 6) is 0.152. The van der Waals surface area contributed by atoms with Gasteiger partial charge in [-0.25, -0.2) is 9.78 Å². The number of hydrogen-bond acceptors (Lipinski definition) is 4. The van der Waals surface area contributed by atoms with Gasteiger partial charge in [0.15, 0.2) is 18.9 Å². The molecular formula is C12H14O4. The maximum Gasteiger partial charge on any atom is 0.194 e. The molecule has 1 unspecified atom stereocenters. The van der Waals surface area contributed by atoms with Crippen molar-refractivity contribution in [1.82, 2.24) is 0 Å². The number of ether oxygens (including phenoxy) is 1. The van der Waals surface area contributed by atoms with E-state index in [0.717, 1.165) is 12.0 Å². The molecule has 1 fully saturated rings. The average Bonchev–Trinajstić information content (AvgIpc) is 2.83. The lowest BCUT2D eigenvalue weighted by Crippen LogP contribution is -2.08. The first-order valence-corrected chi connectivity index (χ1v) is 5.34. The highest BCUT2D eigenvalue weighted by molar-refractivity contribution is 5.95. The van der Waals surface area contributed by atoms with Gasteiger partial charge in [-0.05, 0) is 6.42 Å². The van der Waals surface area contributed by atoms with E-state index in [1.807, 2.05) is 30.3 Å². The number of benzene rings is 1. The summed E-state index contributed by atoms with van der Waals surface area (Å²) < 4.78 is 5.08. The predicted octanol–water partition coefficient (Wildman–Crippen LogP) is 2.30. The number of carbonyl (C=O) groups is 1. The average molecular weight is 222 g/mol. The highest BCUT2D eigenvalue weighted by Crippen LogP contribution is 2.14. The van der Waals surface area contributed by atoms with E-state index in [4.69, 9.17) is 9.62 Å². The summed E-state index contributed by atoms with van der Waals surface area (Å²) in [6.07, 6.45) is 1.61. The van der Waals surface area contributed by atoms with Crippen LogP contribution in [0.5, 0.6) is 0 Å². The topological polar surface area (TPSA) is 44.8 Å². The third kappa shape index (κ3) is 3.13. The van der Waals surface area contributed by atoms with Gasteiger partial charge in [0.1, 0.15) is 0 Å². The van der Waals surface area contributed by atoms with Crippen molar-refractivity contribution >= 4 is 5.78 Å². The molecule has 1 aromatic carbocycles. The minimum atomic E-state index is -0.316. The Labute approximate surface area is 94.0 Å². The molecule has 86 valence electrons. The quantitative estimate of drug-likeness (QED) is 0.566. The van der Waals surface area contributed by atoms with Crippen LogP contribution in [0.2, 0.25) is 0 Å². The Balaban J connectivity index is 1.71. The second-order valence-corrected chi connectivity index (χ2v) is 3.61. The molecule has 1 aromatic rings. The van der Waals surface area contributed by atoms with Crippen molar-refractivity contribution in [2.75, 3.05) is 6.79 Å². The molecule has 4 heteroatoms. The Kier molecular flexibility index (Phi) is 4.04. The van der Waals surface area contributed by atoms with Gasteiger partial charge in [-0.2, -0.15) is 0 Å². The van der Waals surface area contributed by atoms with E-state index in [1.165, 1.54) is 0 Å². The number of ketones is 1. The van der Waals surface area contributed by atoms with Crippen molar-refractivity contribution in [3.05, 3.63) is 35.9 Å². The molecule has 0 aromatic heterocycles. The number of hydrogen-bond donors (Lipinski definition) is 0. The Hall–Kier alpha value is -1.23. The lowest BCUT2D eigenvalue weighted by molar-refractivity contribution is -0.277. The molecule has 0 spiro atoms. The summed E-state index contributed by atoms with van der Waals surface area (Å²) in [6, 6.07) is 9.28. The summed E-state index contributed by atoms with van der Waals surface area (Å²) in [5.41, 5.74) is 0.756. The molecule has 1 aliphatic heterocycles. The summed E-state index contributed by atoms with van der Waals surface area (Å²) in [4.78, 5) is 21.1. The lowest BCUT2D eigenvalue weighted by Gasteiger charge is -2.05. The Bertz CT molecular complexity index is 330. The lowest BCUT2D eigenvalue weighted by atomic mass is 10.1. The third-order valence-electron chi connectivity index (χ3n) is 2.42. The zero-order chi connectivity index (χ0) is 11.2. The van der Waals surface area contributed by atoms with Gasteiger partial charge in [-0.1, -0.05) is 30.3 Å². The van der Waals surface area contributed by atoms with Crippen molar-refractivity contribution in [1.29, 1.82) is 0 Å². The number of Topliss-reactive ketones (excluding diaryl/α,β-unsaturated/α-hetero) is 1. The third-order valence-corrected chi connectivity index (χ3v) is 2.42. The SMILES string of the molecule is O=C(CCCC1OCOO1)c1ccccc1. The van der Waals surface area contributed by atoms with Crippen LogP contribution in [0.4, 0.5) is 0 Å². The zero-order valence-electron chi connectivity index (χ0n) is 8.93. The molecule has 0 N–H and O–H groups in total. The van der Waals surface area contributed by atoms with Crippen molar-refractivity contribution in [3.63, 3.8) is 0 Å². The van der Waals surface area contributed by atoms with Gasteiger partial charge in [0.05, 0.1) is 0 Å². The van der Waals surface area contributed by atoms with E-state index >= 15 is 0 Å². The molecule has 0 amide bonds. The van der Waals surface area contributed by atoms with E-state index in [9.17, 15) is 4.79 Å². The molecule has 0 aliphatic carbocycles. The standard InChI is InChI=1S/C12H14O4/c13-11(10-5-2-1-3-6-10)7-4-8-12-14-9-15-16-12/h1-3,5-6,12H,4,7-9H2. The van der Waals surface area contributed by atoms with Crippen LogP contribution in [0, 0.1) is 0 Å². The summed E-state index contributed by atoms with van der Waals surface area (Å²) >= 11 is 0. The van der Waals surface area contributed by atoms with E-state index in [2.05, 4.69) is 4.89 Å². The van der Waals surface area contributed by atoms with Crippen molar-refractivity contribution in [2.45, 2.75) is 25.6 Å². The highest BCUT2D eigenvalue weighted by atomic mass is 17.3. The van der Waals surface area contributed by atoms with Crippen LogP contribution >= 0.6 is 0 Å². The molecule has 4 nitrogen and oxygen atoms in total. The smallest absolute Gasteiger partial charge is 0.194 e. The maximum absolute atomic E-state index is 11.7. The van der Waals surface area contributed by atoms with Gasteiger partial charge in [0.2, 0.25) is 0 Å². The molecule has 0 bridgehead atoms. The first kappa shape index (κ1) is 11.3.